The van der Waals surface area contributed by atoms with E-state index >= 15 is 0 Å². The smallest absolute Gasteiger partial charge is 0.0480 e. The van der Waals surface area contributed by atoms with Crippen LogP contribution in [0.15, 0.2) is 12.2 Å². The number of rotatable bonds is 7. The number of hydrogen-bond donors (Lipinski definition) is 0. The molecule has 0 spiro atoms. The summed E-state index contributed by atoms with van der Waals surface area (Å²) in [6.07, 6.45) is 11.6. The van der Waals surface area contributed by atoms with E-state index in [4.69, 9.17) is 0 Å². The molecule has 0 aliphatic rings. The molecule has 0 nitrogen and oxygen atoms in total. The van der Waals surface area contributed by atoms with E-state index in [1.165, 1.54) is 38.1 Å². The Hall–Kier alpha value is -0.0431. The van der Waals surface area contributed by atoms with E-state index in [0.29, 0.717) is 0 Å². The molecule has 0 unspecified atom stereocenters. The van der Waals surface area contributed by atoms with Crippen molar-refractivity contribution in [3.05, 3.63) is 12.2 Å². The van der Waals surface area contributed by atoms with Gasteiger partial charge in [0.25, 0.3) is 0 Å². The molecule has 13 heavy (non-hydrogen) atoms. The van der Waals surface area contributed by atoms with Crippen molar-refractivity contribution in [2.24, 2.45) is 0 Å². The molecule has 0 saturated carbocycles. The van der Waals surface area contributed by atoms with E-state index in [-0.39, 0.29) is 0 Å². The topological polar surface area (TPSA) is 0 Å². The van der Waals surface area contributed by atoms with Gasteiger partial charge in [-0.15, -0.1) is 0 Å². The molecule has 0 saturated heterocycles. The van der Waals surface area contributed by atoms with E-state index < -0.39 is 8.07 Å². The molecule has 0 aromatic heterocycles. The van der Waals surface area contributed by atoms with Crippen LogP contribution < -0.4 is 0 Å². The Balaban J connectivity index is 3.22. The summed E-state index contributed by atoms with van der Waals surface area (Å²) < 4.78 is 0. The van der Waals surface area contributed by atoms with Gasteiger partial charge in [0.15, 0.2) is 0 Å². The van der Waals surface area contributed by atoms with Crippen LogP contribution in [-0.2, 0) is 0 Å². The van der Waals surface area contributed by atoms with Crippen LogP contribution in [0.25, 0.3) is 0 Å². The summed E-state index contributed by atoms with van der Waals surface area (Å²) in [7, 11) is -0.819. The summed E-state index contributed by atoms with van der Waals surface area (Å²) in [5.74, 6) is 0. The van der Waals surface area contributed by atoms with E-state index in [1.807, 2.05) is 0 Å². The summed E-state index contributed by atoms with van der Waals surface area (Å²) in [6, 6.07) is 1.35. The molecule has 1 heteroatoms. The van der Waals surface area contributed by atoms with Gasteiger partial charge in [-0.05, 0) is 18.9 Å². The quantitative estimate of drug-likeness (QED) is 0.312. The van der Waals surface area contributed by atoms with Gasteiger partial charge in [0.05, 0.1) is 0 Å². The molecule has 0 amide bonds. The summed E-state index contributed by atoms with van der Waals surface area (Å²) in [6.45, 7) is 9.54. The molecular weight excluding hydrogens is 172 g/mol. The van der Waals surface area contributed by atoms with Crippen LogP contribution in [0.4, 0.5) is 0 Å². The third-order valence-electron chi connectivity index (χ3n) is 2.12. The Morgan fingerprint density at radius 1 is 0.923 bits per heavy atom. The molecule has 0 atom stereocenters. The van der Waals surface area contributed by atoms with Gasteiger partial charge in [-0.1, -0.05) is 58.0 Å². The molecule has 0 aliphatic heterocycles. The minimum atomic E-state index is -0.819. The van der Waals surface area contributed by atoms with Crippen molar-refractivity contribution in [1.29, 1.82) is 0 Å². The lowest BCUT2D eigenvalue weighted by atomic mass is 10.1. The van der Waals surface area contributed by atoms with Gasteiger partial charge in [0, 0.05) is 8.07 Å². The maximum atomic E-state index is 2.43. The molecule has 0 fully saturated rings. The average Bonchev–Trinajstić information content (AvgIpc) is 2.01. The Labute approximate surface area is 85.4 Å². The highest BCUT2D eigenvalue weighted by atomic mass is 28.3. The summed E-state index contributed by atoms with van der Waals surface area (Å²) in [5.41, 5.74) is 0. The standard InChI is InChI=1S/C12H26Si/c1-5-6-7-8-9-10-11-12-13(2,3)4/h10-11H,5-9,12H2,1-4H3. The van der Waals surface area contributed by atoms with Crippen LogP contribution in [0.3, 0.4) is 0 Å². The van der Waals surface area contributed by atoms with Crippen molar-refractivity contribution < 1.29 is 0 Å². The van der Waals surface area contributed by atoms with Gasteiger partial charge in [0.2, 0.25) is 0 Å². The van der Waals surface area contributed by atoms with Gasteiger partial charge in [-0.25, -0.2) is 0 Å². The van der Waals surface area contributed by atoms with E-state index in [0.717, 1.165) is 0 Å². The zero-order valence-electron chi connectivity index (χ0n) is 9.90. The SMILES string of the molecule is CCCCCCC=CC[Si](C)(C)C. The van der Waals surface area contributed by atoms with Crippen LogP contribution in [0, 0.1) is 0 Å². The first-order valence-corrected chi connectivity index (χ1v) is 9.42. The maximum absolute atomic E-state index is 2.43. The van der Waals surface area contributed by atoms with E-state index in [9.17, 15) is 0 Å². The molecule has 0 rings (SSSR count). The molecule has 0 N–H and O–H groups in total. The van der Waals surface area contributed by atoms with Crippen molar-refractivity contribution in [3.63, 3.8) is 0 Å². The minimum absolute atomic E-state index is 0.819. The van der Waals surface area contributed by atoms with Gasteiger partial charge >= 0.3 is 0 Å². The third-order valence-corrected chi connectivity index (χ3v) is 3.58. The molecule has 0 aromatic rings. The van der Waals surface area contributed by atoms with Gasteiger partial charge in [-0.2, -0.15) is 0 Å². The number of allylic oxidation sites excluding steroid dienone is 2. The van der Waals surface area contributed by atoms with Crippen LogP contribution in [0.5, 0.6) is 0 Å². The summed E-state index contributed by atoms with van der Waals surface area (Å²) in [4.78, 5) is 0. The van der Waals surface area contributed by atoms with Crippen LogP contribution >= 0.6 is 0 Å². The Bertz CT molecular complexity index is 131. The van der Waals surface area contributed by atoms with Crippen LogP contribution in [-0.4, -0.2) is 8.07 Å². The largest absolute Gasteiger partial charge is 0.0912 e. The molecule has 0 bridgehead atoms. The molecule has 0 aliphatic carbocycles. The number of hydrogen-bond acceptors (Lipinski definition) is 0. The third kappa shape index (κ3) is 12.0. The first kappa shape index (κ1) is 13.0. The summed E-state index contributed by atoms with van der Waals surface area (Å²) in [5, 5.41) is 0. The van der Waals surface area contributed by atoms with Crippen molar-refractivity contribution in [2.45, 2.75) is 64.7 Å². The lowest BCUT2D eigenvalue weighted by Crippen LogP contribution is -2.17. The van der Waals surface area contributed by atoms with E-state index in [2.05, 4.69) is 38.7 Å². The van der Waals surface area contributed by atoms with Crippen LogP contribution in [0.1, 0.15) is 39.0 Å². The Morgan fingerprint density at radius 3 is 2.15 bits per heavy atom. The number of unbranched alkanes of at least 4 members (excludes halogenated alkanes) is 4. The zero-order chi connectivity index (χ0) is 10.2. The second-order valence-corrected chi connectivity index (χ2v) is 10.6. The fourth-order valence-corrected chi connectivity index (χ4v) is 2.12. The van der Waals surface area contributed by atoms with Crippen molar-refractivity contribution in [3.8, 4) is 0 Å². The van der Waals surface area contributed by atoms with Crippen molar-refractivity contribution in [1.82, 2.24) is 0 Å². The van der Waals surface area contributed by atoms with Crippen LogP contribution in [0.2, 0.25) is 25.7 Å². The lowest BCUT2D eigenvalue weighted by Gasteiger charge is -2.11. The molecule has 78 valence electrons. The van der Waals surface area contributed by atoms with Gasteiger partial charge in [0.1, 0.15) is 0 Å². The second-order valence-electron chi connectivity index (χ2n) is 5.09. The van der Waals surface area contributed by atoms with E-state index in [1.54, 1.807) is 0 Å². The first-order chi connectivity index (χ1) is 6.06. The fraction of sp³-hybridized carbons (Fsp3) is 0.833. The minimum Gasteiger partial charge on any atom is -0.0912 e. The average molecular weight is 198 g/mol. The Morgan fingerprint density at radius 2 is 1.62 bits per heavy atom. The van der Waals surface area contributed by atoms with Gasteiger partial charge < -0.3 is 0 Å². The predicted octanol–water partition coefficient (Wildman–Crippen LogP) is 4.85. The molecular formula is C12H26Si. The zero-order valence-corrected chi connectivity index (χ0v) is 10.9. The fourth-order valence-electron chi connectivity index (χ4n) is 1.24. The first-order valence-electron chi connectivity index (χ1n) is 5.71. The summed E-state index contributed by atoms with van der Waals surface area (Å²) >= 11 is 0. The lowest BCUT2D eigenvalue weighted by molar-refractivity contribution is 0.674. The second kappa shape index (κ2) is 7.37. The Kier molecular flexibility index (Phi) is 7.34. The molecule has 0 aromatic carbocycles. The highest BCUT2D eigenvalue weighted by Crippen LogP contribution is 2.09. The van der Waals surface area contributed by atoms with Crippen molar-refractivity contribution >= 4 is 8.07 Å². The molecule has 0 radical (unpaired) electrons. The highest BCUT2D eigenvalue weighted by Gasteiger charge is 2.08. The predicted molar refractivity (Wildman–Crippen MR) is 66.1 cm³/mol. The van der Waals surface area contributed by atoms with Gasteiger partial charge in [-0.3, -0.25) is 0 Å². The molecule has 0 heterocycles. The normalized spacial score (nSPS) is 12.6. The van der Waals surface area contributed by atoms with Crippen molar-refractivity contribution in [2.75, 3.05) is 0 Å². The highest BCUT2D eigenvalue weighted by molar-refractivity contribution is 6.76. The monoisotopic (exact) mass is 198 g/mol. The maximum Gasteiger partial charge on any atom is 0.0480 e.